The molecule has 0 aromatic rings. The molecule has 1 fully saturated rings. The van der Waals surface area contributed by atoms with Gasteiger partial charge in [0.15, 0.2) is 0 Å². The average Bonchev–Trinajstić information content (AvgIpc) is 2.08. The molecule has 0 heterocycles. The number of ether oxygens (including phenoxy) is 1. The van der Waals surface area contributed by atoms with Crippen LogP contribution < -0.4 is 5.73 Å². The molecule has 0 aliphatic heterocycles. The van der Waals surface area contributed by atoms with E-state index in [4.69, 9.17) is 10.5 Å². The topological polar surface area (TPSA) is 38.5 Å². The fourth-order valence-electron chi connectivity index (χ4n) is 1.66. The zero-order chi connectivity index (χ0) is 9.68. The van der Waals surface area contributed by atoms with Crippen LogP contribution in [0.2, 0.25) is 0 Å². The van der Waals surface area contributed by atoms with Gasteiger partial charge in [0.2, 0.25) is 0 Å². The van der Waals surface area contributed by atoms with Crippen molar-refractivity contribution in [3.8, 4) is 0 Å². The highest BCUT2D eigenvalue weighted by atomic mass is 35.5. The fraction of sp³-hybridized carbons (Fsp3) is 1.00. The third kappa shape index (κ3) is 8.29. The Morgan fingerprint density at radius 3 is 2.13 bits per heavy atom. The van der Waals surface area contributed by atoms with Crippen LogP contribution >= 0.6 is 24.8 Å². The van der Waals surface area contributed by atoms with Gasteiger partial charge in [-0.25, -0.2) is 0 Å². The summed E-state index contributed by atoms with van der Waals surface area (Å²) in [6.45, 7) is 1.87. The van der Waals surface area contributed by atoms with Gasteiger partial charge in [-0.3, -0.25) is 0 Å². The van der Waals surface area contributed by atoms with Crippen LogP contribution in [0.25, 0.3) is 0 Å². The van der Waals surface area contributed by atoms with E-state index in [0.717, 1.165) is 38.8 Å². The Kier molecular flexibility index (Phi) is 11.5. The Labute approximate surface area is 106 Å². The highest BCUT2D eigenvalue weighted by Gasteiger charge is 2.18. The summed E-state index contributed by atoms with van der Waals surface area (Å²) in [5.74, 6) is 0. The van der Waals surface area contributed by atoms with Gasteiger partial charge in [0.05, 0.1) is 12.7 Å². The number of hydrogen-bond acceptors (Lipinski definition) is 3. The van der Waals surface area contributed by atoms with Gasteiger partial charge >= 0.3 is 0 Å². The molecule has 1 rings (SSSR count). The van der Waals surface area contributed by atoms with E-state index in [2.05, 4.69) is 19.0 Å². The number of nitrogens with zero attached hydrogens (tertiary/aromatic N) is 1. The number of halogens is 2. The summed E-state index contributed by atoms with van der Waals surface area (Å²) >= 11 is 0. The van der Waals surface area contributed by atoms with E-state index in [1.54, 1.807) is 0 Å². The predicted octanol–water partition coefficient (Wildman–Crippen LogP) is 1.68. The molecule has 0 radical (unpaired) electrons. The molecule has 15 heavy (non-hydrogen) atoms. The summed E-state index contributed by atoms with van der Waals surface area (Å²) in [4.78, 5) is 2.15. The molecule has 5 heteroatoms. The molecule has 0 aromatic heterocycles. The molecule has 2 N–H and O–H groups in total. The van der Waals surface area contributed by atoms with Gasteiger partial charge in [-0.1, -0.05) is 0 Å². The number of rotatable bonds is 4. The van der Waals surface area contributed by atoms with Crippen LogP contribution in [0.4, 0.5) is 0 Å². The van der Waals surface area contributed by atoms with Crippen molar-refractivity contribution < 1.29 is 4.74 Å². The monoisotopic (exact) mass is 258 g/mol. The second-order valence-corrected chi connectivity index (χ2v) is 4.21. The number of likely N-dealkylation sites (N-methyl/N-ethyl adjacent to an activating group) is 1. The lowest BCUT2D eigenvalue weighted by molar-refractivity contribution is 0.0184. The summed E-state index contributed by atoms with van der Waals surface area (Å²) in [6, 6.07) is 0.425. The summed E-state index contributed by atoms with van der Waals surface area (Å²) in [5.41, 5.74) is 5.81. The van der Waals surface area contributed by atoms with Crippen molar-refractivity contribution in [2.24, 2.45) is 5.73 Å². The second-order valence-electron chi connectivity index (χ2n) is 4.21. The van der Waals surface area contributed by atoms with Crippen molar-refractivity contribution in [1.82, 2.24) is 4.90 Å². The maximum atomic E-state index is 5.81. The van der Waals surface area contributed by atoms with Gasteiger partial charge in [-0.15, -0.1) is 24.8 Å². The van der Waals surface area contributed by atoms with Crippen molar-refractivity contribution in [3.05, 3.63) is 0 Å². The molecule has 0 saturated heterocycles. The first kappa shape index (κ1) is 17.8. The van der Waals surface area contributed by atoms with Crippen molar-refractivity contribution in [2.75, 3.05) is 27.2 Å². The minimum Gasteiger partial charge on any atom is -0.377 e. The zero-order valence-electron chi connectivity index (χ0n) is 9.65. The molecule has 0 amide bonds. The third-order valence-electron chi connectivity index (χ3n) is 2.61. The Morgan fingerprint density at radius 1 is 1.13 bits per heavy atom. The summed E-state index contributed by atoms with van der Waals surface area (Å²) in [5, 5.41) is 0. The van der Waals surface area contributed by atoms with Gasteiger partial charge in [0.25, 0.3) is 0 Å². The maximum Gasteiger partial charge on any atom is 0.0596 e. The lowest BCUT2D eigenvalue weighted by Crippen LogP contribution is -2.31. The molecule has 3 nitrogen and oxygen atoms in total. The normalized spacial score (nSPS) is 25.6. The van der Waals surface area contributed by atoms with Crippen molar-refractivity contribution >= 4 is 24.8 Å². The van der Waals surface area contributed by atoms with Crippen LogP contribution in [0, 0.1) is 0 Å². The Morgan fingerprint density at radius 2 is 1.67 bits per heavy atom. The summed E-state index contributed by atoms with van der Waals surface area (Å²) in [7, 11) is 4.14. The van der Waals surface area contributed by atoms with Crippen molar-refractivity contribution in [1.29, 1.82) is 0 Å². The summed E-state index contributed by atoms with van der Waals surface area (Å²) < 4.78 is 5.74. The molecule has 0 unspecified atom stereocenters. The predicted molar refractivity (Wildman–Crippen MR) is 69.2 cm³/mol. The molecule has 94 valence electrons. The van der Waals surface area contributed by atoms with Crippen LogP contribution in [-0.2, 0) is 4.74 Å². The number of nitrogens with two attached hydrogens (primary N) is 1. The van der Waals surface area contributed by atoms with Crippen molar-refractivity contribution in [2.45, 2.75) is 37.8 Å². The van der Waals surface area contributed by atoms with Gasteiger partial charge in [-0.2, -0.15) is 0 Å². The zero-order valence-corrected chi connectivity index (χ0v) is 11.3. The molecular formula is C10H24Cl2N2O. The van der Waals surface area contributed by atoms with Crippen LogP contribution in [0.5, 0.6) is 0 Å². The quantitative estimate of drug-likeness (QED) is 0.834. The Balaban J connectivity index is 0. The highest BCUT2D eigenvalue weighted by Crippen LogP contribution is 2.19. The standard InChI is InChI=1S/C10H22N2O.2ClH/c1-12(2)7-8-13-10-5-3-9(11)4-6-10;;/h9-10H,3-8,11H2,1-2H3;2*1H/t9-,10-;;. The molecule has 0 aromatic carbocycles. The number of hydrogen-bond donors (Lipinski definition) is 1. The molecule has 0 bridgehead atoms. The molecule has 0 spiro atoms. The van der Waals surface area contributed by atoms with Gasteiger partial charge < -0.3 is 15.4 Å². The van der Waals surface area contributed by atoms with Crippen LogP contribution in [0.1, 0.15) is 25.7 Å². The second kappa shape index (κ2) is 9.67. The van der Waals surface area contributed by atoms with E-state index < -0.39 is 0 Å². The van der Waals surface area contributed by atoms with Crippen LogP contribution in [0.15, 0.2) is 0 Å². The lowest BCUT2D eigenvalue weighted by Gasteiger charge is -2.26. The molecular weight excluding hydrogens is 235 g/mol. The fourth-order valence-corrected chi connectivity index (χ4v) is 1.66. The first-order chi connectivity index (χ1) is 6.18. The van der Waals surface area contributed by atoms with Gasteiger partial charge in [-0.05, 0) is 39.8 Å². The molecule has 1 aliphatic rings. The van der Waals surface area contributed by atoms with E-state index in [1.165, 1.54) is 0 Å². The lowest BCUT2D eigenvalue weighted by atomic mass is 9.94. The van der Waals surface area contributed by atoms with Crippen LogP contribution in [-0.4, -0.2) is 44.3 Å². The van der Waals surface area contributed by atoms with Gasteiger partial charge in [0.1, 0.15) is 0 Å². The van der Waals surface area contributed by atoms with E-state index in [-0.39, 0.29) is 24.8 Å². The highest BCUT2D eigenvalue weighted by molar-refractivity contribution is 5.85. The van der Waals surface area contributed by atoms with E-state index in [9.17, 15) is 0 Å². The van der Waals surface area contributed by atoms with E-state index in [1.807, 2.05) is 0 Å². The first-order valence-electron chi connectivity index (χ1n) is 5.20. The Bertz CT molecular complexity index is 139. The van der Waals surface area contributed by atoms with Crippen LogP contribution in [0.3, 0.4) is 0 Å². The largest absolute Gasteiger partial charge is 0.377 e. The minimum atomic E-state index is 0. The molecule has 0 atom stereocenters. The van der Waals surface area contributed by atoms with E-state index >= 15 is 0 Å². The smallest absolute Gasteiger partial charge is 0.0596 e. The maximum absolute atomic E-state index is 5.81. The minimum absolute atomic E-state index is 0. The van der Waals surface area contributed by atoms with Gasteiger partial charge in [0, 0.05) is 12.6 Å². The van der Waals surface area contributed by atoms with Crippen molar-refractivity contribution in [3.63, 3.8) is 0 Å². The SMILES string of the molecule is CN(C)CCO[C@H]1CC[C@H](N)CC1.Cl.Cl. The Hall–Kier alpha value is 0.460. The van der Waals surface area contributed by atoms with E-state index in [0.29, 0.717) is 12.1 Å². The molecule has 1 aliphatic carbocycles. The average molecular weight is 259 g/mol. The molecule has 1 saturated carbocycles. The first-order valence-corrected chi connectivity index (χ1v) is 5.20. The third-order valence-corrected chi connectivity index (χ3v) is 2.61. The summed E-state index contributed by atoms with van der Waals surface area (Å²) in [6.07, 6.45) is 5.03.